The van der Waals surface area contributed by atoms with Crippen LogP contribution >= 0.6 is 11.6 Å². The Morgan fingerprint density at radius 2 is 1.97 bits per heavy atom. The second-order valence-corrected chi connectivity index (χ2v) is 9.12. The fourth-order valence-electron chi connectivity index (χ4n) is 4.22. The van der Waals surface area contributed by atoms with Crippen molar-refractivity contribution in [2.24, 2.45) is 0 Å². The van der Waals surface area contributed by atoms with Crippen LogP contribution in [-0.2, 0) is 16.0 Å². The number of hydrogen-bond donors (Lipinski definition) is 3. The maximum atomic E-state index is 11.9. The number of morpholine rings is 1. The maximum absolute atomic E-state index is 11.9. The quantitative estimate of drug-likeness (QED) is 0.406. The second kappa shape index (κ2) is 11.6. The lowest BCUT2D eigenvalue weighted by Gasteiger charge is -2.26. The van der Waals surface area contributed by atoms with Crippen molar-refractivity contribution in [1.82, 2.24) is 14.9 Å². The Kier molecular flexibility index (Phi) is 7.80. The average molecular weight is 509 g/mol. The molecule has 2 aromatic carbocycles. The molecule has 0 bridgehead atoms. The molecule has 1 amide bonds. The van der Waals surface area contributed by atoms with E-state index in [0.29, 0.717) is 29.8 Å². The molecule has 3 N–H and O–H groups in total. The molecular formula is C26H29ClN6O3. The van der Waals surface area contributed by atoms with Crippen LogP contribution in [0, 0.1) is 0 Å². The van der Waals surface area contributed by atoms with Crippen LogP contribution in [0.15, 0.2) is 48.7 Å². The van der Waals surface area contributed by atoms with Gasteiger partial charge in [0.15, 0.2) is 5.82 Å². The van der Waals surface area contributed by atoms with Gasteiger partial charge in [0.2, 0.25) is 11.9 Å². The van der Waals surface area contributed by atoms with Crippen molar-refractivity contribution >= 4 is 46.3 Å². The van der Waals surface area contributed by atoms with Gasteiger partial charge in [-0.3, -0.25) is 9.69 Å². The molecular weight excluding hydrogens is 480 g/mol. The van der Waals surface area contributed by atoms with Crippen molar-refractivity contribution in [2.75, 3.05) is 55.4 Å². The molecule has 0 spiro atoms. The van der Waals surface area contributed by atoms with Gasteiger partial charge in [0, 0.05) is 37.4 Å². The topological polar surface area (TPSA) is 101 Å². The number of benzene rings is 2. The Morgan fingerprint density at radius 3 is 2.86 bits per heavy atom. The first-order valence-electron chi connectivity index (χ1n) is 12.2. The predicted molar refractivity (Wildman–Crippen MR) is 141 cm³/mol. The van der Waals surface area contributed by atoms with Gasteiger partial charge in [-0.25, -0.2) is 4.98 Å². The molecule has 1 fully saturated rings. The third-order valence-corrected chi connectivity index (χ3v) is 6.42. The number of ether oxygens (including phenoxy) is 2. The molecule has 1 saturated heterocycles. The molecule has 1 aromatic heterocycles. The maximum Gasteiger partial charge on any atom is 0.229 e. The summed E-state index contributed by atoms with van der Waals surface area (Å²) in [7, 11) is 0. The first-order valence-corrected chi connectivity index (χ1v) is 12.5. The van der Waals surface area contributed by atoms with Gasteiger partial charge in [0.1, 0.15) is 17.4 Å². The SMILES string of the molecule is O=C1CCCc2ccc(Nc3ncc(Cl)c(Nc4ccccc4OCCN4CCOCC4)n3)cc2N1. The van der Waals surface area contributed by atoms with E-state index in [1.54, 1.807) is 6.20 Å². The summed E-state index contributed by atoms with van der Waals surface area (Å²) in [6.45, 7) is 4.78. The molecule has 5 rings (SSSR count). The lowest BCUT2D eigenvalue weighted by atomic mass is 10.1. The first-order chi connectivity index (χ1) is 17.6. The van der Waals surface area contributed by atoms with E-state index >= 15 is 0 Å². The molecule has 188 valence electrons. The lowest BCUT2D eigenvalue weighted by Crippen LogP contribution is -2.38. The Labute approximate surface area is 215 Å². The van der Waals surface area contributed by atoms with Gasteiger partial charge in [-0.15, -0.1) is 0 Å². The van der Waals surface area contributed by atoms with Crippen molar-refractivity contribution in [3.8, 4) is 5.75 Å². The minimum atomic E-state index is 0.0333. The number of aryl methyl sites for hydroxylation is 1. The summed E-state index contributed by atoms with van der Waals surface area (Å²) in [6, 6.07) is 13.6. The molecule has 0 unspecified atom stereocenters. The number of rotatable bonds is 8. The number of nitrogens with one attached hydrogen (secondary N) is 3. The highest BCUT2D eigenvalue weighted by Gasteiger charge is 2.15. The van der Waals surface area contributed by atoms with Crippen LogP contribution in [0.3, 0.4) is 0 Å². The summed E-state index contributed by atoms with van der Waals surface area (Å²) >= 11 is 6.41. The minimum absolute atomic E-state index is 0.0333. The van der Waals surface area contributed by atoms with E-state index in [1.165, 1.54) is 0 Å². The molecule has 0 saturated carbocycles. The average Bonchev–Trinajstić information content (AvgIpc) is 3.08. The Balaban J connectivity index is 1.27. The highest BCUT2D eigenvalue weighted by atomic mass is 35.5. The number of halogens is 1. The molecule has 0 atom stereocenters. The van der Waals surface area contributed by atoms with E-state index in [2.05, 4.69) is 30.8 Å². The van der Waals surface area contributed by atoms with Gasteiger partial charge in [-0.1, -0.05) is 29.8 Å². The third-order valence-electron chi connectivity index (χ3n) is 6.14. The highest BCUT2D eigenvalue weighted by molar-refractivity contribution is 6.32. The lowest BCUT2D eigenvalue weighted by molar-refractivity contribution is -0.116. The van der Waals surface area contributed by atoms with Crippen LogP contribution < -0.4 is 20.7 Å². The molecule has 3 aromatic rings. The number of aromatic nitrogens is 2. The van der Waals surface area contributed by atoms with Crippen LogP contribution in [0.5, 0.6) is 5.75 Å². The fourth-order valence-corrected chi connectivity index (χ4v) is 4.36. The normalized spacial score (nSPS) is 16.0. The van der Waals surface area contributed by atoms with E-state index in [1.807, 2.05) is 42.5 Å². The summed E-state index contributed by atoms with van der Waals surface area (Å²) in [6.07, 6.45) is 3.80. The van der Waals surface area contributed by atoms with Gasteiger partial charge in [-0.05, 0) is 42.7 Å². The zero-order chi connectivity index (χ0) is 24.7. The van der Waals surface area contributed by atoms with Crippen molar-refractivity contribution in [3.63, 3.8) is 0 Å². The largest absolute Gasteiger partial charge is 0.490 e. The zero-order valence-corrected chi connectivity index (χ0v) is 20.7. The third kappa shape index (κ3) is 6.23. The van der Waals surface area contributed by atoms with Crippen molar-refractivity contribution in [1.29, 1.82) is 0 Å². The van der Waals surface area contributed by atoms with E-state index in [9.17, 15) is 4.79 Å². The van der Waals surface area contributed by atoms with Crippen LogP contribution in [0.25, 0.3) is 0 Å². The summed E-state index contributed by atoms with van der Waals surface area (Å²) in [4.78, 5) is 23.2. The van der Waals surface area contributed by atoms with Gasteiger partial charge < -0.3 is 25.4 Å². The number of para-hydroxylation sites is 2. The predicted octanol–water partition coefficient (Wildman–Crippen LogP) is 4.60. The van der Waals surface area contributed by atoms with E-state index in [-0.39, 0.29) is 5.91 Å². The Hall–Kier alpha value is -3.40. The van der Waals surface area contributed by atoms with Gasteiger partial charge >= 0.3 is 0 Å². The summed E-state index contributed by atoms with van der Waals surface area (Å²) in [5, 5.41) is 9.85. The summed E-state index contributed by atoms with van der Waals surface area (Å²) < 4.78 is 11.5. The molecule has 0 aliphatic carbocycles. The smallest absolute Gasteiger partial charge is 0.229 e. The fraction of sp³-hybridized carbons (Fsp3) is 0.346. The number of hydrogen-bond acceptors (Lipinski definition) is 8. The van der Waals surface area contributed by atoms with E-state index in [4.69, 9.17) is 21.1 Å². The second-order valence-electron chi connectivity index (χ2n) is 8.71. The van der Waals surface area contributed by atoms with Crippen molar-refractivity contribution < 1.29 is 14.3 Å². The van der Waals surface area contributed by atoms with Gasteiger partial charge in [-0.2, -0.15) is 4.98 Å². The number of fused-ring (bicyclic) bond motifs is 1. The Morgan fingerprint density at radius 1 is 1.11 bits per heavy atom. The van der Waals surface area contributed by atoms with Crippen LogP contribution in [0.4, 0.5) is 28.8 Å². The van der Waals surface area contributed by atoms with Gasteiger partial charge in [0.05, 0.1) is 25.1 Å². The molecule has 9 nitrogen and oxygen atoms in total. The van der Waals surface area contributed by atoms with Gasteiger partial charge in [0.25, 0.3) is 0 Å². The van der Waals surface area contributed by atoms with Crippen molar-refractivity contribution in [3.05, 3.63) is 59.2 Å². The van der Waals surface area contributed by atoms with E-state index < -0.39 is 0 Å². The molecule has 2 aliphatic heterocycles. The highest BCUT2D eigenvalue weighted by Crippen LogP contribution is 2.31. The van der Waals surface area contributed by atoms with Crippen LogP contribution in [0.2, 0.25) is 5.02 Å². The number of amides is 1. The zero-order valence-electron chi connectivity index (χ0n) is 19.9. The van der Waals surface area contributed by atoms with E-state index in [0.717, 1.165) is 74.1 Å². The van der Waals surface area contributed by atoms with Crippen LogP contribution in [-0.4, -0.2) is 60.2 Å². The number of anilines is 5. The van der Waals surface area contributed by atoms with Crippen molar-refractivity contribution in [2.45, 2.75) is 19.3 Å². The number of nitrogens with zero attached hydrogens (tertiary/aromatic N) is 3. The number of carbonyl (C=O) groups is 1. The first kappa shape index (κ1) is 24.3. The molecule has 36 heavy (non-hydrogen) atoms. The summed E-state index contributed by atoms with van der Waals surface area (Å²) in [5.41, 5.74) is 3.48. The molecule has 10 heteroatoms. The Bertz CT molecular complexity index is 1220. The molecule has 2 aliphatic rings. The number of carbonyl (C=O) groups excluding carboxylic acids is 1. The standard InChI is InChI=1S/C26H29ClN6O3/c27-20-17-28-26(29-19-9-8-18-4-3-7-24(34)30-22(18)16-19)32-25(20)31-21-5-1-2-6-23(21)36-15-12-33-10-13-35-14-11-33/h1-2,5-6,8-9,16-17H,3-4,7,10-15H2,(H,30,34)(H2,28,29,31,32). The van der Waals surface area contributed by atoms with Crippen LogP contribution in [0.1, 0.15) is 18.4 Å². The monoisotopic (exact) mass is 508 g/mol. The summed E-state index contributed by atoms with van der Waals surface area (Å²) in [5.74, 6) is 1.59. The molecule has 0 radical (unpaired) electrons. The molecule has 3 heterocycles. The minimum Gasteiger partial charge on any atom is -0.490 e.